The zero-order chi connectivity index (χ0) is 22.9. The molecule has 1 heterocycles. The molecule has 1 fully saturated rings. The largest absolute Gasteiger partial charge is 0.462 e. The van der Waals surface area contributed by atoms with Crippen LogP contribution in [0, 0.1) is 21.4 Å². The second-order valence-corrected chi connectivity index (χ2v) is 8.44. The van der Waals surface area contributed by atoms with E-state index in [1.54, 1.807) is 12.1 Å². The van der Waals surface area contributed by atoms with Gasteiger partial charge in [-0.3, -0.25) is 14.9 Å². The van der Waals surface area contributed by atoms with Crippen LogP contribution in [0.1, 0.15) is 41.6 Å². The second kappa shape index (κ2) is 11.3. The number of thioether (sulfide) groups is 1. The summed E-state index contributed by atoms with van der Waals surface area (Å²) in [6.07, 6.45) is 3.32. The van der Waals surface area contributed by atoms with E-state index in [1.165, 1.54) is 36.0 Å². The van der Waals surface area contributed by atoms with Gasteiger partial charge in [-0.15, -0.1) is 11.8 Å². The lowest BCUT2D eigenvalue weighted by atomic mass is 9.99. The van der Waals surface area contributed by atoms with Crippen LogP contribution in [0.3, 0.4) is 0 Å². The third-order valence-corrected chi connectivity index (χ3v) is 6.27. The summed E-state index contributed by atoms with van der Waals surface area (Å²) in [6, 6.07) is 14.6. The minimum atomic E-state index is -0.612. The molecule has 9 heteroatoms. The fourth-order valence-corrected chi connectivity index (χ4v) is 4.38. The Morgan fingerprint density at radius 1 is 1.22 bits per heavy atom. The molecule has 0 N–H and O–H groups in total. The van der Waals surface area contributed by atoms with Gasteiger partial charge in [0.2, 0.25) is 5.91 Å². The lowest BCUT2D eigenvalue weighted by Gasteiger charge is -2.35. The molecule has 1 unspecified atom stereocenters. The van der Waals surface area contributed by atoms with E-state index in [2.05, 4.69) is 6.07 Å². The van der Waals surface area contributed by atoms with Gasteiger partial charge in [-0.25, -0.2) is 4.79 Å². The van der Waals surface area contributed by atoms with Gasteiger partial charge in [0, 0.05) is 36.0 Å². The van der Waals surface area contributed by atoms with E-state index in [0.29, 0.717) is 24.3 Å². The van der Waals surface area contributed by atoms with Gasteiger partial charge in [0.25, 0.3) is 5.69 Å². The fraction of sp³-hybridized carbons (Fsp3) is 0.348. The van der Waals surface area contributed by atoms with Crippen LogP contribution in [-0.4, -0.2) is 46.6 Å². The summed E-state index contributed by atoms with van der Waals surface area (Å²) in [7, 11) is 0. The molecule has 0 bridgehead atoms. The van der Waals surface area contributed by atoms with Crippen LogP contribution in [-0.2, 0) is 9.53 Å². The van der Waals surface area contributed by atoms with Gasteiger partial charge in [-0.1, -0.05) is 6.07 Å². The molecule has 1 saturated heterocycles. The maximum Gasteiger partial charge on any atom is 0.338 e. The highest BCUT2D eigenvalue weighted by molar-refractivity contribution is 8.00. The lowest BCUT2D eigenvalue weighted by Crippen LogP contribution is -2.45. The number of carbonyl (C=O) groups is 2. The molecule has 3 rings (SSSR count). The Morgan fingerprint density at radius 3 is 2.72 bits per heavy atom. The van der Waals surface area contributed by atoms with Crippen molar-refractivity contribution in [3.8, 4) is 6.07 Å². The Labute approximate surface area is 190 Å². The van der Waals surface area contributed by atoms with Crippen molar-refractivity contribution < 1.29 is 19.2 Å². The molecule has 0 spiro atoms. The van der Waals surface area contributed by atoms with E-state index in [0.717, 1.165) is 24.2 Å². The zero-order valence-corrected chi connectivity index (χ0v) is 18.3. The van der Waals surface area contributed by atoms with Crippen LogP contribution in [0.5, 0.6) is 0 Å². The minimum absolute atomic E-state index is 0.00396. The molecule has 2 aromatic carbocycles. The number of esters is 1. The zero-order valence-electron chi connectivity index (χ0n) is 17.4. The van der Waals surface area contributed by atoms with Crippen molar-refractivity contribution in [2.45, 2.75) is 36.6 Å². The Kier molecular flexibility index (Phi) is 8.22. The molecule has 166 valence electrons. The summed E-state index contributed by atoms with van der Waals surface area (Å²) >= 11 is 1.43. The summed E-state index contributed by atoms with van der Waals surface area (Å²) in [5.41, 5.74) is 0.550. The molecule has 8 nitrogen and oxygen atoms in total. The number of carbonyl (C=O) groups excluding carboxylic acids is 2. The number of hydrogen-bond donors (Lipinski definition) is 0. The molecule has 32 heavy (non-hydrogen) atoms. The number of nitriles is 1. The fourth-order valence-electron chi connectivity index (χ4n) is 3.60. The van der Waals surface area contributed by atoms with Gasteiger partial charge >= 0.3 is 5.97 Å². The average Bonchev–Trinajstić information content (AvgIpc) is 2.83. The number of nitro benzene ring substituents is 1. The van der Waals surface area contributed by atoms with E-state index < -0.39 is 10.9 Å². The number of amides is 1. The maximum absolute atomic E-state index is 12.8. The Hall–Kier alpha value is -3.38. The summed E-state index contributed by atoms with van der Waals surface area (Å²) in [5, 5.41) is 19.7. The first-order valence-electron chi connectivity index (χ1n) is 10.3. The molecule has 1 aliphatic rings. The third kappa shape index (κ3) is 6.31. The summed E-state index contributed by atoms with van der Waals surface area (Å²) in [4.78, 5) is 38.1. The van der Waals surface area contributed by atoms with Crippen LogP contribution >= 0.6 is 11.8 Å². The van der Waals surface area contributed by atoms with Crippen molar-refractivity contribution in [1.82, 2.24) is 4.90 Å². The summed E-state index contributed by atoms with van der Waals surface area (Å²) in [6.45, 7) is 0.814. The minimum Gasteiger partial charge on any atom is -0.462 e. The van der Waals surface area contributed by atoms with Crippen molar-refractivity contribution >= 4 is 29.3 Å². The van der Waals surface area contributed by atoms with E-state index in [1.807, 2.05) is 17.0 Å². The van der Waals surface area contributed by atoms with E-state index in [4.69, 9.17) is 10.00 Å². The highest BCUT2D eigenvalue weighted by atomic mass is 32.2. The molecular formula is C23H23N3O5S. The number of nitrogens with zero attached hydrogens (tertiary/aromatic N) is 3. The van der Waals surface area contributed by atoms with E-state index >= 15 is 0 Å². The van der Waals surface area contributed by atoms with Crippen molar-refractivity contribution in [2.75, 3.05) is 18.9 Å². The van der Waals surface area contributed by atoms with E-state index in [9.17, 15) is 19.7 Å². The highest BCUT2D eigenvalue weighted by Gasteiger charge is 2.27. The topological polar surface area (TPSA) is 114 Å². The molecule has 1 atom stereocenters. The van der Waals surface area contributed by atoms with Crippen molar-refractivity contribution in [3.05, 3.63) is 69.8 Å². The number of benzene rings is 2. The number of ether oxygens (including phenoxy) is 1. The van der Waals surface area contributed by atoms with Gasteiger partial charge in [0.1, 0.15) is 0 Å². The monoisotopic (exact) mass is 453 g/mol. The number of hydrogen-bond acceptors (Lipinski definition) is 7. The molecule has 0 radical (unpaired) electrons. The molecular weight excluding hydrogens is 430 g/mol. The van der Waals surface area contributed by atoms with Gasteiger partial charge < -0.3 is 9.64 Å². The van der Waals surface area contributed by atoms with Crippen LogP contribution in [0.15, 0.2) is 53.4 Å². The third-order valence-electron chi connectivity index (χ3n) is 5.27. The molecule has 0 saturated carbocycles. The number of piperidine rings is 1. The van der Waals surface area contributed by atoms with Crippen molar-refractivity contribution in [1.29, 1.82) is 5.26 Å². The average molecular weight is 454 g/mol. The quantitative estimate of drug-likeness (QED) is 0.255. The van der Waals surface area contributed by atoms with Crippen molar-refractivity contribution in [3.63, 3.8) is 0 Å². The predicted octanol–water partition coefficient (Wildman–Crippen LogP) is 4.19. The highest BCUT2D eigenvalue weighted by Crippen LogP contribution is 2.24. The Bertz CT molecular complexity index is 1020. The Balaban J connectivity index is 1.50. The lowest BCUT2D eigenvalue weighted by molar-refractivity contribution is -0.384. The van der Waals surface area contributed by atoms with Crippen LogP contribution in [0.4, 0.5) is 5.69 Å². The first kappa shape index (κ1) is 23.3. The number of likely N-dealkylation sites (tertiary alicyclic amines) is 1. The standard InChI is InChI=1S/C23H23N3O5S/c24-15-17-7-9-21(10-8-17)32-16-22(27)25-12-2-1-5-19(25)11-13-31-23(28)18-4-3-6-20(14-18)26(29)30/h3-4,6-10,14,19H,1-2,5,11-13,16H2. The second-order valence-electron chi connectivity index (χ2n) is 7.39. The van der Waals surface area contributed by atoms with Crippen molar-refractivity contribution in [2.24, 2.45) is 0 Å². The van der Waals surface area contributed by atoms with Crippen LogP contribution in [0.2, 0.25) is 0 Å². The predicted molar refractivity (Wildman–Crippen MR) is 119 cm³/mol. The van der Waals surface area contributed by atoms with Gasteiger partial charge in [-0.2, -0.15) is 5.26 Å². The summed E-state index contributed by atoms with van der Waals surface area (Å²) in [5.74, 6) is -0.275. The SMILES string of the molecule is N#Cc1ccc(SCC(=O)N2CCCCC2CCOC(=O)c2cccc([N+](=O)[O-])c2)cc1. The molecule has 0 aromatic heterocycles. The Morgan fingerprint density at radius 2 is 2.00 bits per heavy atom. The van der Waals surface area contributed by atoms with Crippen LogP contribution < -0.4 is 0 Å². The van der Waals surface area contributed by atoms with Gasteiger partial charge in [0.05, 0.1) is 34.5 Å². The summed E-state index contributed by atoms with van der Waals surface area (Å²) < 4.78 is 5.31. The number of nitro groups is 1. The van der Waals surface area contributed by atoms with Gasteiger partial charge in [0.15, 0.2) is 0 Å². The molecule has 0 aliphatic carbocycles. The van der Waals surface area contributed by atoms with E-state index in [-0.39, 0.29) is 29.8 Å². The normalized spacial score (nSPS) is 15.6. The molecule has 1 aliphatic heterocycles. The first-order chi connectivity index (χ1) is 15.5. The number of non-ortho nitro benzene ring substituents is 1. The smallest absolute Gasteiger partial charge is 0.338 e. The molecule has 2 aromatic rings. The molecule has 1 amide bonds. The van der Waals surface area contributed by atoms with Gasteiger partial charge in [-0.05, 0) is 49.6 Å². The number of rotatable bonds is 8. The first-order valence-corrected chi connectivity index (χ1v) is 11.3. The van der Waals surface area contributed by atoms with Crippen LogP contribution in [0.25, 0.3) is 0 Å². The maximum atomic E-state index is 12.8.